The van der Waals surface area contributed by atoms with E-state index in [0.29, 0.717) is 18.8 Å². The van der Waals surface area contributed by atoms with Crippen LogP contribution in [0.5, 0.6) is 0 Å². The van der Waals surface area contributed by atoms with Gasteiger partial charge in [0, 0.05) is 6.54 Å². The molecule has 13 heavy (non-hydrogen) atoms. The van der Waals surface area contributed by atoms with Crippen LogP contribution in [0.25, 0.3) is 0 Å². The SMILES string of the molecule is C=C(N)NCCCC(N)C(=O)OC. The predicted molar refractivity (Wildman–Crippen MR) is 50.6 cm³/mol. The van der Waals surface area contributed by atoms with E-state index in [1.165, 1.54) is 7.11 Å². The average Bonchev–Trinajstić information content (AvgIpc) is 2.10. The number of carbonyl (C=O) groups excluding carboxylic acids is 1. The van der Waals surface area contributed by atoms with Gasteiger partial charge in [0.25, 0.3) is 0 Å². The topological polar surface area (TPSA) is 90.4 Å². The normalized spacial score (nSPS) is 11.8. The van der Waals surface area contributed by atoms with E-state index in [1.54, 1.807) is 0 Å². The van der Waals surface area contributed by atoms with E-state index in [-0.39, 0.29) is 5.97 Å². The number of carbonyl (C=O) groups is 1. The zero-order chi connectivity index (χ0) is 10.3. The molecule has 0 aromatic heterocycles. The van der Waals surface area contributed by atoms with Gasteiger partial charge in [-0.3, -0.25) is 4.79 Å². The zero-order valence-electron chi connectivity index (χ0n) is 7.88. The molecule has 5 heteroatoms. The summed E-state index contributed by atoms with van der Waals surface area (Å²) >= 11 is 0. The highest BCUT2D eigenvalue weighted by molar-refractivity contribution is 5.75. The Morgan fingerprint density at radius 2 is 2.31 bits per heavy atom. The number of hydrogen-bond donors (Lipinski definition) is 3. The Kier molecular flexibility index (Phi) is 5.71. The molecule has 0 saturated heterocycles. The monoisotopic (exact) mass is 187 g/mol. The van der Waals surface area contributed by atoms with Gasteiger partial charge < -0.3 is 21.5 Å². The molecule has 76 valence electrons. The third-order valence-electron chi connectivity index (χ3n) is 1.55. The molecule has 0 amide bonds. The summed E-state index contributed by atoms with van der Waals surface area (Å²) in [5.74, 6) is 0.0400. The molecule has 0 aliphatic carbocycles. The van der Waals surface area contributed by atoms with Crippen molar-refractivity contribution in [2.24, 2.45) is 11.5 Å². The summed E-state index contributed by atoms with van der Waals surface area (Å²) in [6, 6.07) is -0.544. The van der Waals surface area contributed by atoms with Crippen molar-refractivity contribution in [1.82, 2.24) is 5.32 Å². The van der Waals surface area contributed by atoms with E-state index < -0.39 is 6.04 Å². The second-order valence-electron chi connectivity index (χ2n) is 2.72. The van der Waals surface area contributed by atoms with Crippen molar-refractivity contribution in [3.8, 4) is 0 Å². The van der Waals surface area contributed by atoms with Gasteiger partial charge in [-0.15, -0.1) is 0 Å². The molecule has 5 nitrogen and oxygen atoms in total. The summed E-state index contributed by atoms with van der Waals surface area (Å²) < 4.78 is 4.46. The van der Waals surface area contributed by atoms with Gasteiger partial charge in [0.1, 0.15) is 6.04 Å². The van der Waals surface area contributed by atoms with E-state index in [1.807, 2.05) is 0 Å². The molecule has 0 heterocycles. The molecule has 0 saturated carbocycles. The summed E-state index contributed by atoms with van der Waals surface area (Å²) in [6.45, 7) is 4.13. The molecule has 0 aliphatic rings. The number of ether oxygens (including phenoxy) is 1. The highest BCUT2D eigenvalue weighted by atomic mass is 16.5. The molecule has 0 aromatic carbocycles. The number of nitrogens with one attached hydrogen (secondary N) is 1. The lowest BCUT2D eigenvalue weighted by molar-refractivity contribution is -0.142. The quantitative estimate of drug-likeness (QED) is 0.377. The third kappa shape index (κ3) is 5.98. The number of methoxy groups -OCH3 is 1. The maximum Gasteiger partial charge on any atom is 0.322 e. The summed E-state index contributed by atoms with van der Waals surface area (Å²) in [5.41, 5.74) is 10.8. The van der Waals surface area contributed by atoms with Crippen LogP contribution in [0.1, 0.15) is 12.8 Å². The molecule has 0 radical (unpaired) electrons. The Bertz CT molecular complexity index is 182. The molecular weight excluding hydrogens is 170 g/mol. The van der Waals surface area contributed by atoms with Crippen LogP contribution >= 0.6 is 0 Å². The first-order chi connectivity index (χ1) is 6.07. The summed E-state index contributed by atoms with van der Waals surface area (Å²) in [6.07, 6.45) is 1.33. The van der Waals surface area contributed by atoms with Crippen LogP contribution in [-0.2, 0) is 9.53 Å². The molecule has 0 bridgehead atoms. The van der Waals surface area contributed by atoms with Gasteiger partial charge >= 0.3 is 5.97 Å². The van der Waals surface area contributed by atoms with Crippen LogP contribution in [0.4, 0.5) is 0 Å². The fourth-order valence-electron chi connectivity index (χ4n) is 0.840. The first-order valence-corrected chi connectivity index (χ1v) is 4.09. The Morgan fingerprint density at radius 1 is 1.69 bits per heavy atom. The molecule has 1 atom stereocenters. The minimum atomic E-state index is -0.544. The van der Waals surface area contributed by atoms with Crippen LogP contribution in [0.15, 0.2) is 12.4 Å². The van der Waals surface area contributed by atoms with Gasteiger partial charge in [-0.2, -0.15) is 0 Å². The Balaban J connectivity index is 3.42. The lowest BCUT2D eigenvalue weighted by atomic mass is 10.2. The molecule has 0 aliphatic heterocycles. The van der Waals surface area contributed by atoms with Crippen molar-refractivity contribution in [2.45, 2.75) is 18.9 Å². The Morgan fingerprint density at radius 3 is 2.77 bits per heavy atom. The van der Waals surface area contributed by atoms with Crippen LogP contribution < -0.4 is 16.8 Å². The smallest absolute Gasteiger partial charge is 0.322 e. The van der Waals surface area contributed by atoms with Gasteiger partial charge in [-0.05, 0) is 12.8 Å². The van der Waals surface area contributed by atoms with Gasteiger partial charge in [0.2, 0.25) is 0 Å². The second-order valence-corrected chi connectivity index (χ2v) is 2.72. The number of esters is 1. The lowest BCUT2D eigenvalue weighted by Crippen LogP contribution is -2.32. The summed E-state index contributed by atoms with van der Waals surface area (Å²) in [4.78, 5) is 10.8. The van der Waals surface area contributed by atoms with Gasteiger partial charge in [-0.25, -0.2) is 0 Å². The highest BCUT2D eigenvalue weighted by Gasteiger charge is 2.12. The van der Waals surface area contributed by atoms with E-state index in [0.717, 1.165) is 6.42 Å². The molecule has 0 spiro atoms. The number of hydrogen-bond acceptors (Lipinski definition) is 5. The van der Waals surface area contributed by atoms with Crippen molar-refractivity contribution < 1.29 is 9.53 Å². The van der Waals surface area contributed by atoms with Crippen molar-refractivity contribution in [2.75, 3.05) is 13.7 Å². The zero-order valence-corrected chi connectivity index (χ0v) is 7.88. The van der Waals surface area contributed by atoms with Gasteiger partial charge in [-0.1, -0.05) is 6.58 Å². The number of nitrogens with two attached hydrogens (primary N) is 2. The molecule has 0 rings (SSSR count). The van der Waals surface area contributed by atoms with Crippen molar-refractivity contribution in [3.63, 3.8) is 0 Å². The highest BCUT2D eigenvalue weighted by Crippen LogP contribution is 1.95. The van der Waals surface area contributed by atoms with Crippen LogP contribution in [0, 0.1) is 0 Å². The maximum absolute atomic E-state index is 10.8. The van der Waals surface area contributed by atoms with Crippen molar-refractivity contribution in [3.05, 3.63) is 12.4 Å². The Labute approximate surface area is 78.1 Å². The van der Waals surface area contributed by atoms with E-state index in [4.69, 9.17) is 11.5 Å². The van der Waals surface area contributed by atoms with Crippen LogP contribution in [-0.4, -0.2) is 25.7 Å². The fraction of sp³-hybridized carbons (Fsp3) is 0.625. The fourth-order valence-corrected chi connectivity index (χ4v) is 0.840. The summed E-state index contributed by atoms with van der Waals surface area (Å²) in [5, 5.41) is 2.83. The summed E-state index contributed by atoms with van der Waals surface area (Å²) in [7, 11) is 1.32. The molecule has 0 fully saturated rings. The minimum absolute atomic E-state index is 0.383. The van der Waals surface area contributed by atoms with Crippen molar-refractivity contribution in [1.29, 1.82) is 0 Å². The van der Waals surface area contributed by atoms with Crippen molar-refractivity contribution >= 4 is 5.97 Å². The van der Waals surface area contributed by atoms with E-state index >= 15 is 0 Å². The third-order valence-corrected chi connectivity index (χ3v) is 1.55. The molecule has 5 N–H and O–H groups in total. The van der Waals surface area contributed by atoms with Crippen LogP contribution in [0.3, 0.4) is 0 Å². The van der Waals surface area contributed by atoms with E-state index in [9.17, 15) is 4.79 Å². The molecular formula is C8H17N3O2. The van der Waals surface area contributed by atoms with Gasteiger partial charge in [0.15, 0.2) is 0 Å². The Hall–Kier alpha value is -1.23. The average molecular weight is 187 g/mol. The van der Waals surface area contributed by atoms with Crippen LogP contribution in [0.2, 0.25) is 0 Å². The maximum atomic E-state index is 10.8. The largest absolute Gasteiger partial charge is 0.468 e. The first-order valence-electron chi connectivity index (χ1n) is 4.09. The minimum Gasteiger partial charge on any atom is -0.468 e. The lowest BCUT2D eigenvalue weighted by Gasteiger charge is -2.09. The van der Waals surface area contributed by atoms with E-state index in [2.05, 4.69) is 16.6 Å². The predicted octanol–water partition coefficient (Wildman–Crippen LogP) is -0.714. The molecule has 0 aromatic rings. The van der Waals surface area contributed by atoms with Gasteiger partial charge in [0.05, 0.1) is 12.9 Å². The second kappa shape index (κ2) is 6.30. The number of rotatable bonds is 6. The molecule has 1 unspecified atom stereocenters. The first kappa shape index (κ1) is 11.8. The standard InChI is InChI=1S/C8H17N3O2/c1-6(9)11-5-3-4-7(10)8(12)13-2/h7,11H,1,3-5,9-10H2,2H3.